The highest BCUT2D eigenvalue weighted by atomic mass is 16.1. The van der Waals surface area contributed by atoms with Crippen LogP contribution in [0.15, 0.2) is 64.3 Å². The Bertz CT molecular complexity index is 1150. The Morgan fingerprint density at radius 3 is 2.64 bits per heavy atom. The summed E-state index contributed by atoms with van der Waals surface area (Å²) in [7, 11) is 4.13. The number of hydrogen-bond donors (Lipinski definition) is 2. The molecule has 8 heteroatoms. The molecule has 4 rings (SSSR count). The minimum atomic E-state index is -0.104. The van der Waals surface area contributed by atoms with Crippen molar-refractivity contribution in [2.75, 3.05) is 52.1 Å². The van der Waals surface area contributed by atoms with Gasteiger partial charge in [-0.2, -0.15) is 0 Å². The largest absolute Gasteiger partial charge is 0.324 e. The fourth-order valence-electron chi connectivity index (χ4n) is 4.32. The van der Waals surface area contributed by atoms with Crippen LogP contribution in [0.25, 0.3) is 0 Å². The van der Waals surface area contributed by atoms with Gasteiger partial charge in [0.05, 0.1) is 18.3 Å². The number of anilines is 1. The maximum atomic E-state index is 13.0. The van der Waals surface area contributed by atoms with E-state index >= 15 is 0 Å². The molecule has 0 aliphatic carbocycles. The van der Waals surface area contributed by atoms with Crippen LogP contribution < -0.4 is 10.7 Å². The minimum absolute atomic E-state index is 0.0530. The Hall–Kier alpha value is -3.33. The van der Waals surface area contributed by atoms with Gasteiger partial charge in [0.15, 0.2) is 0 Å². The van der Waals surface area contributed by atoms with Crippen LogP contribution in [-0.4, -0.2) is 80.0 Å². The van der Waals surface area contributed by atoms with Crippen LogP contribution in [0.5, 0.6) is 0 Å². The number of likely N-dealkylation sites (N-methyl/N-ethyl adjacent to an activating group) is 2. The summed E-state index contributed by atoms with van der Waals surface area (Å²) in [5.41, 5.74) is 8.92. The Labute approximate surface area is 214 Å². The van der Waals surface area contributed by atoms with Gasteiger partial charge in [-0.05, 0) is 61.9 Å². The number of nitrogens with one attached hydrogen (secondary N) is 2. The first-order valence-electron chi connectivity index (χ1n) is 12.5. The molecule has 1 saturated heterocycles. The summed E-state index contributed by atoms with van der Waals surface area (Å²) in [6, 6.07) is 13.8. The van der Waals surface area contributed by atoms with Gasteiger partial charge in [0, 0.05) is 69.7 Å². The van der Waals surface area contributed by atoms with Crippen molar-refractivity contribution in [3.63, 3.8) is 0 Å². The number of hydrogen-bond acceptors (Lipinski definition) is 7. The van der Waals surface area contributed by atoms with Crippen molar-refractivity contribution < 1.29 is 4.79 Å². The third kappa shape index (κ3) is 7.10. The van der Waals surface area contributed by atoms with Crippen LogP contribution in [-0.2, 0) is 6.54 Å². The highest BCUT2D eigenvalue weighted by Gasteiger charge is 2.16. The molecule has 2 N–H and O–H groups in total. The maximum absolute atomic E-state index is 13.0. The predicted molar refractivity (Wildman–Crippen MR) is 148 cm³/mol. The van der Waals surface area contributed by atoms with Crippen LogP contribution in [0, 0.1) is 6.92 Å². The third-order valence-corrected chi connectivity index (χ3v) is 6.69. The van der Waals surface area contributed by atoms with Gasteiger partial charge in [-0.3, -0.25) is 19.7 Å². The van der Waals surface area contributed by atoms with E-state index in [1.807, 2.05) is 61.6 Å². The van der Waals surface area contributed by atoms with Gasteiger partial charge in [0.25, 0.3) is 5.91 Å². The van der Waals surface area contributed by atoms with Crippen molar-refractivity contribution in [1.29, 1.82) is 0 Å². The van der Waals surface area contributed by atoms with Gasteiger partial charge in [-0.25, -0.2) is 5.01 Å². The molecule has 2 aromatic carbocycles. The lowest BCUT2D eigenvalue weighted by Crippen LogP contribution is -2.43. The number of piperazine rings is 1. The fourth-order valence-corrected chi connectivity index (χ4v) is 4.32. The summed E-state index contributed by atoms with van der Waals surface area (Å²) in [6.45, 7) is 10.2. The van der Waals surface area contributed by atoms with Gasteiger partial charge < -0.3 is 15.6 Å². The lowest BCUT2D eigenvalue weighted by atomic mass is 10.0. The van der Waals surface area contributed by atoms with Crippen molar-refractivity contribution in [2.24, 2.45) is 9.98 Å². The Morgan fingerprint density at radius 1 is 1.11 bits per heavy atom. The van der Waals surface area contributed by atoms with E-state index in [-0.39, 0.29) is 11.9 Å². The maximum Gasteiger partial charge on any atom is 0.255 e. The molecule has 1 atom stereocenters. The molecule has 2 aromatic rings. The topological polar surface area (TPSA) is 75.6 Å². The average molecular weight is 488 g/mol. The van der Waals surface area contributed by atoms with Crippen molar-refractivity contribution >= 4 is 24.0 Å². The number of aliphatic imine (C=N–C) groups is 2. The highest BCUT2D eigenvalue weighted by molar-refractivity contribution is 6.16. The van der Waals surface area contributed by atoms with Gasteiger partial charge in [-0.1, -0.05) is 18.2 Å². The molecule has 1 fully saturated rings. The predicted octanol–water partition coefficient (Wildman–Crippen LogP) is 3.49. The number of carbonyl (C=O) groups is 1. The van der Waals surface area contributed by atoms with Crippen LogP contribution >= 0.6 is 0 Å². The van der Waals surface area contributed by atoms with Gasteiger partial charge in [0.1, 0.15) is 0 Å². The summed E-state index contributed by atoms with van der Waals surface area (Å²) >= 11 is 0. The zero-order chi connectivity index (χ0) is 25.5. The number of amides is 1. The van der Waals surface area contributed by atoms with E-state index in [1.54, 1.807) is 12.4 Å². The second-order valence-corrected chi connectivity index (χ2v) is 9.67. The molecule has 36 heavy (non-hydrogen) atoms. The fraction of sp³-hybridized carbons (Fsp3) is 0.393. The van der Waals surface area contributed by atoms with Crippen molar-refractivity contribution in [1.82, 2.24) is 20.2 Å². The molecule has 1 unspecified atom stereocenters. The van der Waals surface area contributed by atoms with E-state index in [2.05, 4.69) is 50.6 Å². The highest BCUT2D eigenvalue weighted by Crippen LogP contribution is 2.21. The molecule has 0 radical (unpaired) electrons. The average Bonchev–Trinajstić information content (AvgIpc) is 3.29. The van der Waals surface area contributed by atoms with Crippen molar-refractivity contribution in [3.05, 3.63) is 76.6 Å². The standard InChI is InChI=1S/C28H37N7O/c1-21-16-24(8-9-25(21)19-35-14-12-33(3)13-15-35)28(36)32-26-7-5-6-23(17-26)22(2)29-10-11-30-27-18-31-34(4)20-27/h5-11,16-18,22,31H,12-15,19-20H2,1-4H3,(H,32,36). The molecule has 0 spiro atoms. The number of nitrogens with zero attached hydrogens (tertiary/aromatic N) is 5. The first kappa shape index (κ1) is 25.8. The minimum Gasteiger partial charge on any atom is -0.324 e. The molecular weight excluding hydrogens is 450 g/mol. The van der Waals surface area contributed by atoms with Crippen molar-refractivity contribution in [3.8, 4) is 0 Å². The Morgan fingerprint density at radius 2 is 1.92 bits per heavy atom. The summed E-state index contributed by atoms with van der Waals surface area (Å²) < 4.78 is 0. The lowest BCUT2D eigenvalue weighted by molar-refractivity contribution is 0.102. The van der Waals surface area contributed by atoms with Crippen LogP contribution in [0.1, 0.15) is 40.0 Å². The summed E-state index contributed by atoms with van der Waals surface area (Å²) in [6.07, 6.45) is 5.31. The molecule has 0 aromatic heterocycles. The lowest BCUT2D eigenvalue weighted by Gasteiger charge is -2.32. The number of hydrazine groups is 1. The Balaban J connectivity index is 1.33. The quantitative estimate of drug-likeness (QED) is 0.558. The molecule has 8 nitrogen and oxygen atoms in total. The van der Waals surface area contributed by atoms with Crippen LogP contribution in [0.2, 0.25) is 0 Å². The molecule has 2 aliphatic heterocycles. The summed E-state index contributed by atoms with van der Waals surface area (Å²) in [5, 5.41) is 5.00. The van der Waals surface area contributed by atoms with E-state index in [9.17, 15) is 4.79 Å². The van der Waals surface area contributed by atoms with E-state index in [4.69, 9.17) is 0 Å². The third-order valence-electron chi connectivity index (χ3n) is 6.69. The van der Waals surface area contributed by atoms with Gasteiger partial charge in [-0.15, -0.1) is 0 Å². The smallest absolute Gasteiger partial charge is 0.255 e. The summed E-state index contributed by atoms with van der Waals surface area (Å²) in [5.74, 6) is -0.104. The number of aryl methyl sites for hydroxylation is 1. The molecular formula is C28H37N7O. The first-order valence-corrected chi connectivity index (χ1v) is 12.5. The second kappa shape index (κ2) is 12.1. The molecule has 0 saturated carbocycles. The normalized spacial score (nSPS) is 18.5. The molecule has 190 valence electrons. The zero-order valence-corrected chi connectivity index (χ0v) is 21.7. The first-order chi connectivity index (χ1) is 17.4. The molecule has 0 bridgehead atoms. The van der Waals surface area contributed by atoms with E-state index in [0.29, 0.717) is 5.56 Å². The summed E-state index contributed by atoms with van der Waals surface area (Å²) in [4.78, 5) is 26.8. The number of benzene rings is 2. The zero-order valence-electron chi connectivity index (χ0n) is 21.7. The van der Waals surface area contributed by atoms with Crippen LogP contribution in [0.3, 0.4) is 0 Å². The molecule has 2 heterocycles. The SMILES string of the molecule is Cc1cc(C(=O)Nc2cccc(C(C)N=CC=NC3=CNN(C)C3)c2)ccc1CN1CCN(C)CC1. The van der Waals surface area contributed by atoms with Crippen LogP contribution in [0.4, 0.5) is 5.69 Å². The van der Waals surface area contributed by atoms with Crippen molar-refractivity contribution in [2.45, 2.75) is 26.4 Å². The number of rotatable bonds is 8. The van der Waals surface area contributed by atoms with Gasteiger partial charge in [0.2, 0.25) is 0 Å². The second-order valence-electron chi connectivity index (χ2n) is 9.67. The van der Waals surface area contributed by atoms with Gasteiger partial charge >= 0.3 is 0 Å². The molecule has 1 amide bonds. The number of carbonyl (C=O) groups excluding carboxylic acids is 1. The monoisotopic (exact) mass is 487 g/mol. The Kier molecular flexibility index (Phi) is 8.64. The van der Waals surface area contributed by atoms with E-state index in [0.717, 1.165) is 61.8 Å². The van der Waals surface area contributed by atoms with E-state index < -0.39 is 0 Å². The molecule has 2 aliphatic rings. The van der Waals surface area contributed by atoms with E-state index in [1.165, 1.54) is 5.56 Å².